The predicted octanol–water partition coefficient (Wildman–Crippen LogP) is 3.89. The van der Waals surface area contributed by atoms with Gasteiger partial charge in [-0.05, 0) is 47.9 Å². The molecule has 7 nitrogen and oxygen atoms in total. The zero-order valence-corrected chi connectivity index (χ0v) is 18.5. The van der Waals surface area contributed by atoms with Crippen LogP contribution in [0, 0.1) is 0 Å². The van der Waals surface area contributed by atoms with Crippen molar-refractivity contribution in [2.75, 3.05) is 13.2 Å². The molecular formula is C26H26N2O5. The Morgan fingerprint density at radius 1 is 1.00 bits per heavy atom. The highest BCUT2D eigenvalue weighted by Crippen LogP contribution is 2.32. The standard InChI is InChI=1S/C26H26N2O5/c1-17(18-9-10-22-24(15-18)33-13-5-12-31-22)27-25(29)21-14-19-6-2-3-7-20(19)16-28(21)26(30)23-8-4-11-32-23/h2-4,6-11,15,17,21H,5,12-14,16H2,1H3,(H,27,29). The highest BCUT2D eigenvalue weighted by atomic mass is 16.5. The summed E-state index contributed by atoms with van der Waals surface area (Å²) < 4.78 is 16.8. The number of nitrogens with zero attached hydrogens (tertiary/aromatic N) is 1. The summed E-state index contributed by atoms with van der Waals surface area (Å²) in [7, 11) is 0. The number of benzene rings is 2. The molecule has 3 aromatic rings. The lowest BCUT2D eigenvalue weighted by molar-refractivity contribution is -0.126. The number of nitrogens with one attached hydrogen (secondary N) is 1. The van der Waals surface area contributed by atoms with Crippen molar-refractivity contribution in [3.05, 3.63) is 83.3 Å². The molecule has 2 aliphatic rings. The molecule has 0 saturated carbocycles. The lowest BCUT2D eigenvalue weighted by Gasteiger charge is -2.36. The van der Waals surface area contributed by atoms with Crippen molar-refractivity contribution >= 4 is 11.8 Å². The average Bonchev–Trinajstić information content (AvgIpc) is 3.28. The Morgan fingerprint density at radius 2 is 1.79 bits per heavy atom. The first-order valence-corrected chi connectivity index (χ1v) is 11.2. The van der Waals surface area contributed by atoms with Crippen molar-refractivity contribution in [1.82, 2.24) is 10.2 Å². The van der Waals surface area contributed by atoms with Crippen molar-refractivity contribution in [1.29, 1.82) is 0 Å². The third kappa shape index (κ3) is 4.31. The molecule has 2 aromatic carbocycles. The van der Waals surface area contributed by atoms with Crippen molar-refractivity contribution < 1.29 is 23.5 Å². The predicted molar refractivity (Wildman–Crippen MR) is 121 cm³/mol. The molecule has 33 heavy (non-hydrogen) atoms. The molecule has 0 spiro atoms. The number of hydrogen-bond acceptors (Lipinski definition) is 5. The Morgan fingerprint density at radius 3 is 2.58 bits per heavy atom. The summed E-state index contributed by atoms with van der Waals surface area (Å²) in [5.41, 5.74) is 3.02. The molecule has 3 heterocycles. The van der Waals surface area contributed by atoms with Crippen LogP contribution in [-0.2, 0) is 17.8 Å². The van der Waals surface area contributed by atoms with Gasteiger partial charge in [-0.2, -0.15) is 0 Å². The number of carbonyl (C=O) groups excluding carboxylic acids is 2. The van der Waals surface area contributed by atoms with Gasteiger partial charge in [0.15, 0.2) is 17.3 Å². The second-order valence-corrected chi connectivity index (χ2v) is 8.39. The van der Waals surface area contributed by atoms with Crippen LogP contribution in [-0.4, -0.2) is 36.0 Å². The summed E-state index contributed by atoms with van der Waals surface area (Å²) in [4.78, 5) is 28.2. The summed E-state index contributed by atoms with van der Waals surface area (Å²) in [5.74, 6) is 1.13. The van der Waals surface area contributed by atoms with E-state index in [4.69, 9.17) is 13.9 Å². The first kappa shape index (κ1) is 21.1. The number of amides is 2. The van der Waals surface area contributed by atoms with E-state index in [0.29, 0.717) is 37.7 Å². The molecule has 2 unspecified atom stereocenters. The highest BCUT2D eigenvalue weighted by Gasteiger charge is 2.36. The van der Waals surface area contributed by atoms with Crippen LogP contribution >= 0.6 is 0 Å². The van der Waals surface area contributed by atoms with Gasteiger partial charge in [0.2, 0.25) is 5.91 Å². The summed E-state index contributed by atoms with van der Waals surface area (Å²) >= 11 is 0. The van der Waals surface area contributed by atoms with Crippen molar-refractivity contribution in [3.63, 3.8) is 0 Å². The van der Waals surface area contributed by atoms with Crippen molar-refractivity contribution in [3.8, 4) is 11.5 Å². The summed E-state index contributed by atoms with van der Waals surface area (Å²) in [6.07, 6.45) is 2.74. The fraction of sp³-hybridized carbons (Fsp3) is 0.308. The van der Waals surface area contributed by atoms with E-state index < -0.39 is 6.04 Å². The second kappa shape index (κ2) is 9.02. The molecule has 2 amide bonds. The van der Waals surface area contributed by atoms with Gasteiger partial charge in [-0.25, -0.2) is 0 Å². The maximum absolute atomic E-state index is 13.4. The molecule has 1 aromatic heterocycles. The second-order valence-electron chi connectivity index (χ2n) is 8.39. The molecule has 0 saturated heterocycles. The van der Waals surface area contributed by atoms with E-state index >= 15 is 0 Å². The monoisotopic (exact) mass is 446 g/mol. The maximum atomic E-state index is 13.4. The van der Waals surface area contributed by atoms with Gasteiger partial charge in [-0.1, -0.05) is 30.3 Å². The molecule has 0 aliphatic carbocycles. The Balaban J connectivity index is 1.37. The van der Waals surface area contributed by atoms with Crippen LogP contribution in [0.25, 0.3) is 0 Å². The van der Waals surface area contributed by atoms with Crippen molar-refractivity contribution in [2.45, 2.75) is 38.4 Å². The number of ether oxygens (including phenoxy) is 2. The molecule has 170 valence electrons. The van der Waals surface area contributed by atoms with Gasteiger partial charge in [-0.3, -0.25) is 9.59 Å². The van der Waals surface area contributed by atoms with E-state index in [1.165, 1.54) is 6.26 Å². The summed E-state index contributed by atoms with van der Waals surface area (Å²) in [5, 5.41) is 3.09. The van der Waals surface area contributed by atoms with Gasteiger partial charge in [0.25, 0.3) is 5.91 Å². The fourth-order valence-electron chi connectivity index (χ4n) is 4.35. The maximum Gasteiger partial charge on any atom is 0.290 e. The Kier molecular flexibility index (Phi) is 5.77. The molecule has 2 atom stereocenters. The lowest BCUT2D eigenvalue weighted by Crippen LogP contribution is -2.52. The van der Waals surface area contributed by atoms with E-state index in [0.717, 1.165) is 23.1 Å². The SMILES string of the molecule is CC(NC(=O)C1Cc2ccccc2CN1C(=O)c1ccco1)c1ccc2c(c1)OCCCO2. The van der Waals surface area contributed by atoms with Crippen LogP contribution in [0.15, 0.2) is 65.3 Å². The van der Waals surface area contributed by atoms with Crippen LogP contribution in [0.4, 0.5) is 0 Å². The molecule has 5 rings (SSSR count). The minimum absolute atomic E-state index is 0.205. The zero-order valence-electron chi connectivity index (χ0n) is 18.5. The van der Waals surface area contributed by atoms with E-state index in [1.54, 1.807) is 17.0 Å². The average molecular weight is 447 g/mol. The minimum Gasteiger partial charge on any atom is -0.490 e. The van der Waals surface area contributed by atoms with Gasteiger partial charge in [0.05, 0.1) is 25.5 Å². The zero-order chi connectivity index (χ0) is 22.8. The Hall–Kier alpha value is -3.74. The largest absolute Gasteiger partial charge is 0.490 e. The number of carbonyl (C=O) groups is 2. The van der Waals surface area contributed by atoms with Crippen molar-refractivity contribution in [2.24, 2.45) is 0 Å². The van der Waals surface area contributed by atoms with Gasteiger partial charge in [-0.15, -0.1) is 0 Å². The molecule has 2 aliphatic heterocycles. The normalized spacial score (nSPS) is 18.1. The number of furan rings is 1. The molecule has 0 fully saturated rings. The van der Waals surface area contributed by atoms with Gasteiger partial charge < -0.3 is 24.1 Å². The van der Waals surface area contributed by atoms with Crippen LogP contribution in [0.3, 0.4) is 0 Å². The van der Waals surface area contributed by atoms with Crippen LogP contribution < -0.4 is 14.8 Å². The van der Waals surface area contributed by atoms with Gasteiger partial charge in [0.1, 0.15) is 6.04 Å². The molecular weight excluding hydrogens is 420 g/mol. The minimum atomic E-state index is -0.639. The third-order valence-electron chi connectivity index (χ3n) is 6.17. The van der Waals surface area contributed by atoms with E-state index in [9.17, 15) is 9.59 Å². The van der Waals surface area contributed by atoms with Crippen LogP contribution in [0.1, 0.15) is 46.6 Å². The topological polar surface area (TPSA) is 81.0 Å². The summed E-state index contributed by atoms with van der Waals surface area (Å²) in [6, 6.07) is 16.0. The molecule has 0 bridgehead atoms. The van der Waals surface area contributed by atoms with Gasteiger partial charge in [0, 0.05) is 19.4 Å². The Labute approximate surface area is 192 Å². The molecule has 0 radical (unpaired) electrons. The molecule has 1 N–H and O–H groups in total. The summed E-state index contributed by atoms with van der Waals surface area (Å²) in [6.45, 7) is 3.50. The molecule has 7 heteroatoms. The first-order valence-electron chi connectivity index (χ1n) is 11.2. The van der Waals surface area contributed by atoms with E-state index in [2.05, 4.69) is 5.32 Å². The smallest absolute Gasteiger partial charge is 0.290 e. The fourth-order valence-corrected chi connectivity index (χ4v) is 4.35. The van der Waals surface area contributed by atoms with Crippen LogP contribution in [0.2, 0.25) is 0 Å². The number of rotatable bonds is 4. The highest BCUT2D eigenvalue weighted by molar-refractivity contribution is 5.96. The third-order valence-corrected chi connectivity index (χ3v) is 6.17. The lowest BCUT2D eigenvalue weighted by atomic mass is 9.93. The van der Waals surface area contributed by atoms with E-state index in [-0.39, 0.29) is 23.6 Å². The van der Waals surface area contributed by atoms with E-state index in [1.807, 2.05) is 49.4 Å². The van der Waals surface area contributed by atoms with Crippen LogP contribution in [0.5, 0.6) is 11.5 Å². The quantitative estimate of drug-likeness (QED) is 0.658. The Bertz CT molecular complexity index is 1160. The number of hydrogen-bond donors (Lipinski definition) is 1. The first-order chi connectivity index (χ1) is 16.1. The van der Waals surface area contributed by atoms with Gasteiger partial charge >= 0.3 is 0 Å². The number of fused-ring (bicyclic) bond motifs is 2.